The Balaban J connectivity index is 5.20. The largest absolute Gasteiger partial charge is 0.472 e. The molecule has 0 rings (SSSR count). The van der Waals surface area contributed by atoms with E-state index in [9.17, 15) is 43.2 Å². The molecule has 0 aliphatic heterocycles. The Bertz CT molecular complexity index is 2030. The van der Waals surface area contributed by atoms with Crippen LogP contribution in [0.1, 0.15) is 478 Å². The van der Waals surface area contributed by atoms with Crippen LogP contribution >= 0.6 is 15.6 Å². The highest BCUT2D eigenvalue weighted by Gasteiger charge is 2.30. The maximum Gasteiger partial charge on any atom is 0.472 e. The van der Waals surface area contributed by atoms with Crippen LogP contribution in [-0.4, -0.2) is 96.7 Å². The molecule has 2 unspecified atom stereocenters. The van der Waals surface area contributed by atoms with Crippen molar-refractivity contribution in [3.8, 4) is 0 Å². The number of phosphoric ester groups is 2. The summed E-state index contributed by atoms with van der Waals surface area (Å²) < 4.78 is 68.9. The highest BCUT2D eigenvalue weighted by molar-refractivity contribution is 7.47. The molecule has 0 fully saturated rings. The van der Waals surface area contributed by atoms with Crippen molar-refractivity contribution < 1.29 is 80.2 Å². The van der Waals surface area contributed by atoms with Crippen LogP contribution in [0.5, 0.6) is 0 Å². The van der Waals surface area contributed by atoms with Crippen LogP contribution in [-0.2, 0) is 65.4 Å². The zero-order chi connectivity index (χ0) is 78.3. The van der Waals surface area contributed by atoms with Gasteiger partial charge in [-0.1, -0.05) is 426 Å². The number of ether oxygens (including phenoxy) is 4. The molecule has 0 bridgehead atoms. The summed E-state index contributed by atoms with van der Waals surface area (Å²) in [6.07, 6.45) is 75.1. The van der Waals surface area contributed by atoms with Crippen molar-refractivity contribution in [2.45, 2.75) is 496 Å². The summed E-state index contributed by atoms with van der Waals surface area (Å²) in [5.74, 6) is -1.29. The van der Waals surface area contributed by atoms with Crippen LogP contribution in [0.15, 0.2) is 0 Å². The van der Waals surface area contributed by atoms with Crippen LogP contribution < -0.4 is 0 Å². The van der Waals surface area contributed by atoms with Gasteiger partial charge in [0.1, 0.15) is 19.3 Å². The van der Waals surface area contributed by atoms with Gasteiger partial charge in [0.15, 0.2) is 12.2 Å². The summed E-state index contributed by atoms with van der Waals surface area (Å²) in [5, 5.41) is 10.7. The lowest BCUT2D eigenvalue weighted by Gasteiger charge is -2.21. The van der Waals surface area contributed by atoms with Gasteiger partial charge in [-0.2, -0.15) is 0 Å². The number of carbonyl (C=O) groups excluding carboxylic acids is 4. The first-order chi connectivity index (χ1) is 52.0. The molecule has 0 saturated carbocycles. The smallest absolute Gasteiger partial charge is 0.462 e. The Morgan fingerprint density at radius 2 is 0.430 bits per heavy atom. The molecule has 0 saturated heterocycles. The Labute approximate surface area is 658 Å². The average molecular weight is 1560 g/mol. The molecule has 0 aliphatic rings. The minimum absolute atomic E-state index is 0.109. The van der Waals surface area contributed by atoms with Crippen molar-refractivity contribution in [1.29, 1.82) is 0 Å². The SMILES string of the molecule is CCCCCCCCCCCCCCCCCCCCCCC(=O)O[C@H](COC(=O)CCCCCCCCCCCCCCCCCCC(C)C)COP(=O)(O)OC[C@@H](O)COP(=O)(O)OC[C@@H](COC(=O)CCCCCCCCCCC)OC(=O)CCCCCCCCCCCCCCCCCCCCC. The highest BCUT2D eigenvalue weighted by atomic mass is 31.2. The molecular formula is C88H172O17P2. The third kappa shape index (κ3) is 81.9. The zero-order valence-electron chi connectivity index (χ0n) is 70.3. The highest BCUT2D eigenvalue weighted by Crippen LogP contribution is 2.45. The quantitative estimate of drug-likeness (QED) is 0.0222. The Morgan fingerprint density at radius 3 is 0.636 bits per heavy atom. The minimum Gasteiger partial charge on any atom is -0.462 e. The number of hydrogen-bond donors (Lipinski definition) is 3. The first kappa shape index (κ1) is 105. The fraction of sp³-hybridized carbons (Fsp3) is 0.955. The molecule has 0 aromatic heterocycles. The number of phosphoric acid groups is 2. The van der Waals surface area contributed by atoms with E-state index < -0.39 is 97.5 Å². The van der Waals surface area contributed by atoms with Gasteiger partial charge in [-0.15, -0.1) is 0 Å². The fourth-order valence-corrected chi connectivity index (χ4v) is 15.4. The topological polar surface area (TPSA) is 237 Å². The molecule has 0 spiro atoms. The Kier molecular flexibility index (Phi) is 79.2. The van der Waals surface area contributed by atoms with Gasteiger partial charge in [0.2, 0.25) is 0 Å². The maximum absolute atomic E-state index is 13.2. The molecule has 0 heterocycles. The normalized spacial score (nSPS) is 13.7. The molecule has 636 valence electrons. The van der Waals surface area contributed by atoms with Gasteiger partial charge in [-0.3, -0.25) is 37.3 Å². The Hall–Kier alpha value is -1.94. The van der Waals surface area contributed by atoms with Gasteiger partial charge >= 0.3 is 39.5 Å². The van der Waals surface area contributed by atoms with Crippen LogP contribution in [0.2, 0.25) is 0 Å². The predicted molar refractivity (Wildman–Crippen MR) is 442 cm³/mol. The number of unbranched alkanes of at least 4 members (excludes halogenated alkanes) is 60. The zero-order valence-corrected chi connectivity index (χ0v) is 72.1. The monoisotopic (exact) mass is 1560 g/mol. The predicted octanol–water partition coefficient (Wildman–Crippen LogP) is 27.2. The Morgan fingerprint density at radius 1 is 0.252 bits per heavy atom. The molecule has 0 radical (unpaired) electrons. The number of esters is 4. The van der Waals surface area contributed by atoms with Crippen LogP contribution in [0, 0.1) is 5.92 Å². The molecule has 5 atom stereocenters. The summed E-state index contributed by atoms with van der Waals surface area (Å²) in [6, 6.07) is 0. The first-order valence-electron chi connectivity index (χ1n) is 45.6. The molecule has 19 heteroatoms. The molecule has 0 amide bonds. The van der Waals surface area contributed by atoms with Crippen molar-refractivity contribution in [2.24, 2.45) is 5.92 Å². The van der Waals surface area contributed by atoms with Crippen LogP contribution in [0.4, 0.5) is 0 Å². The van der Waals surface area contributed by atoms with E-state index in [0.29, 0.717) is 25.7 Å². The molecule has 107 heavy (non-hydrogen) atoms. The molecule has 0 aliphatic carbocycles. The van der Waals surface area contributed by atoms with Crippen molar-refractivity contribution in [2.75, 3.05) is 39.6 Å². The summed E-state index contributed by atoms with van der Waals surface area (Å²) in [6.45, 7) is 7.39. The second kappa shape index (κ2) is 80.7. The van der Waals surface area contributed by atoms with Crippen LogP contribution in [0.3, 0.4) is 0 Å². The summed E-state index contributed by atoms with van der Waals surface area (Å²) in [5.41, 5.74) is 0. The van der Waals surface area contributed by atoms with E-state index in [0.717, 1.165) is 95.8 Å². The number of hydrogen-bond acceptors (Lipinski definition) is 15. The van der Waals surface area contributed by atoms with E-state index >= 15 is 0 Å². The summed E-state index contributed by atoms with van der Waals surface area (Å²) in [4.78, 5) is 73.2. The van der Waals surface area contributed by atoms with Gasteiger partial charge in [0.05, 0.1) is 26.4 Å². The molecule has 0 aromatic rings. The summed E-state index contributed by atoms with van der Waals surface area (Å²) in [7, 11) is -9.93. The van der Waals surface area contributed by atoms with E-state index in [4.69, 9.17) is 37.0 Å². The van der Waals surface area contributed by atoms with Gasteiger partial charge in [0.25, 0.3) is 0 Å². The number of aliphatic hydroxyl groups is 1. The molecular weight excluding hydrogens is 1390 g/mol. The standard InChI is InChI=1S/C88H172O17P2/c1-6-9-12-15-18-21-23-25-27-29-31-33-35-41-45-49-54-59-64-69-74-88(93)105-84(78-99-86(91)72-67-62-57-52-47-43-39-37-36-38-42-46-51-55-60-65-70-81(4)5)80-103-107(96,97)101-76-82(89)75-100-106(94,95)102-79-83(77-98-85(90)71-66-61-56-50-20-17-14-11-8-3)104-87(92)73-68-63-58-53-48-44-40-34-32-30-28-26-24-22-19-16-13-10-7-2/h81-84,89H,6-80H2,1-5H3,(H,94,95)(H,96,97)/t82-,83+,84+/m0/s1. The number of rotatable bonds is 88. The molecule has 17 nitrogen and oxygen atoms in total. The third-order valence-corrected chi connectivity index (χ3v) is 22.7. The van der Waals surface area contributed by atoms with Crippen molar-refractivity contribution in [3.63, 3.8) is 0 Å². The van der Waals surface area contributed by atoms with Crippen molar-refractivity contribution >= 4 is 39.5 Å². The van der Waals surface area contributed by atoms with E-state index in [1.807, 2.05) is 0 Å². The minimum atomic E-state index is -4.97. The van der Waals surface area contributed by atoms with Crippen molar-refractivity contribution in [1.82, 2.24) is 0 Å². The lowest BCUT2D eigenvalue weighted by atomic mass is 10.0. The number of aliphatic hydroxyl groups excluding tert-OH is 1. The van der Waals surface area contributed by atoms with Gasteiger partial charge in [0, 0.05) is 25.7 Å². The second-order valence-electron chi connectivity index (χ2n) is 32.1. The second-order valence-corrected chi connectivity index (χ2v) is 35.0. The van der Waals surface area contributed by atoms with E-state index in [1.165, 1.54) is 302 Å². The van der Waals surface area contributed by atoms with Gasteiger partial charge < -0.3 is 33.8 Å². The van der Waals surface area contributed by atoms with E-state index in [2.05, 4.69) is 34.6 Å². The fourth-order valence-electron chi connectivity index (χ4n) is 13.8. The molecule has 3 N–H and O–H groups in total. The van der Waals surface area contributed by atoms with E-state index in [-0.39, 0.29) is 25.7 Å². The summed E-state index contributed by atoms with van der Waals surface area (Å²) >= 11 is 0. The maximum atomic E-state index is 13.2. The first-order valence-corrected chi connectivity index (χ1v) is 48.6. The lowest BCUT2D eigenvalue weighted by molar-refractivity contribution is -0.161. The van der Waals surface area contributed by atoms with Crippen LogP contribution in [0.25, 0.3) is 0 Å². The molecule has 0 aromatic carbocycles. The average Bonchev–Trinajstić information content (AvgIpc) is 0.901. The van der Waals surface area contributed by atoms with Gasteiger partial charge in [-0.05, 0) is 31.6 Å². The number of carbonyl (C=O) groups is 4. The van der Waals surface area contributed by atoms with Crippen molar-refractivity contribution in [3.05, 3.63) is 0 Å². The lowest BCUT2D eigenvalue weighted by Crippen LogP contribution is -2.30. The van der Waals surface area contributed by atoms with E-state index in [1.54, 1.807) is 0 Å². The third-order valence-electron chi connectivity index (χ3n) is 20.8. The van der Waals surface area contributed by atoms with Gasteiger partial charge in [-0.25, -0.2) is 9.13 Å².